The van der Waals surface area contributed by atoms with Crippen molar-refractivity contribution >= 4 is 27.3 Å². The highest BCUT2D eigenvalue weighted by atomic mass is 79.9. The van der Waals surface area contributed by atoms with Gasteiger partial charge in [-0.15, -0.1) is 11.3 Å². The summed E-state index contributed by atoms with van der Waals surface area (Å²) in [6.45, 7) is 2.78. The summed E-state index contributed by atoms with van der Waals surface area (Å²) in [6.07, 6.45) is 0. The first-order chi connectivity index (χ1) is 7.70. The van der Waals surface area contributed by atoms with Gasteiger partial charge in [-0.3, -0.25) is 0 Å². The van der Waals surface area contributed by atoms with E-state index in [2.05, 4.69) is 53.2 Å². The zero-order chi connectivity index (χ0) is 11.5. The molecule has 1 nitrogen and oxygen atoms in total. The standard InChI is InChI=1S/C13H14BrNS/c1-9-5-6-13(16-9)12(8-15)10-3-2-4-11(14)7-10/h2-7,12H,8,15H2,1H3. The lowest BCUT2D eigenvalue weighted by atomic mass is 9.98. The topological polar surface area (TPSA) is 26.0 Å². The molecular formula is C13H14BrNS. The second-order valence-electron chi connectivity index (χ2n) is 3.79. The van der Waals surface area contributed by atoms with Crippen LogP contribution in [0.3, 0.4) is 0 Å². The fourth-order valence-electron chi connectivity index (χ4n) is 1.78. The minimum absolute atomic E-state index is 0.316. The SMILES string of the molecule is Cc1ccc(C(CN)c2cccc(Br)c2)s1. The molecule has 0 aliphatic rings. The lowest BCUT2D eigenvalue weighted by Gasteiger charge is -2.13. The molecule has 1 atom stereocenters. The average molecular weight is 296 g/mol. The van der Waals surface area contributed by atoms with Crippen molar-refractivity contribution in [2.45, 2.75) is 12.8 Å². The summed E-state index contributed by atoms with van der Waals surface area (Å²) in [4.78, 5) is 2.68. The molecule has 0 aliphatic heterocycles. The maximum atomic E-state index is 5.89. The second kappa shape index (κ2) is 5.13. The van der Waals surface area contributed by atoms with E-state index in [4.69, 9.17) is 5.73 Å². The van der Waals surface area contributed by atoms with Gasteiger partial charge in [0.05, 0.1) is 0 Å². The van der Waals surface area contributed by atoms with Crippen LogP contribution in [0.2, 0.25) is 0 Å². The maximum Gasteiger partial charge on any atom is 0.0307 e. The molecule has 1 aromatic carbocycles. The van der Waals surface area contributed by atoms with Crippen LogP contribution in [0.25, 0.3) is 0 Å². The van der Waals surface area contributed by atoms with E-state index in [1.54, 1.807) is 0 Å². The largest absolute Gasteiger partial charge is 0.329 e. The molecule has 1 unspecified atom stereocenters. The van der Waals surface area contributed by atoms with Gasteiger partial charge in [-0.2, -0.15) is 0 Å². The molecule has 0 bridgehead atoms. The molecule has 0 spiro atoms. The Balaban J connectivity index is 2.36. The Bertz CT molecular complexity index is 478. The first-order valence-corrected chi connectivity index (χ1v) is 6.83. The highest BCUT2D eigenvalue weighted by molar-refractivity contribution is 9.10. The molecule has 0 amide bonds. The number of halogens is 1. The Labute approximate surface area is 108 Å². The van der Waals surface area contributed by atoms with Crippen LogP contribution in [0, 0.1) is 6.92 Å². The molecule has 2 rings (SSSR count). The van der Waals surface area contributed by atoms with Gasteiger partial charge >= 0.3 is 0 Å². The number of thiophene rings is 1. The van der Waals surface area contributed by atoms with Crippen molar-refractivity contribution in [2.24, 2.45) is 5.73 Å². The number of nitrogens with two attached hydrogens (primary N) is 1. The normalized spacial score (nSPS) is 12.7. The van der Waals surface area contributed by atoms with E-state index in [0.717, 1.165) is 4.47 Å². The Hall–Kier alpha value is -0.640. The van der Waals surface area contributed by atoms with Gasteiger partial charge in [0.25, 0.3) is 0 Å². The van der Waals surface area contributed by atoms with E-state index in [1.807, 2.05) is 17.4 Å². The minimum atomic E-state index is 0.316. The first kappa shape index (κ1) is 11.8. The number of hydrogen-bond acceptors (Lipinski definition) is 2. The van der Waals surface area contributed by atoms with Crippen LogP contribution in [0.5, 0.6) is 0 Å². The summed E-state index contributed by atoms with van der Waals surface area (Å²) in [5.41, 5.74) is 7.16. The van der Waals surface area contributed by atoms with Crippen LogP contribution in [0.15, 0.2) is 40.9 Å². The van der Waals surface area contributed by atoms with Crippen LogP contribution in [0.1, 0.15) is 21.2 Å². The third-order valence-electron chi connectivity index (χ3n) is 2.59. The van der Waals surface area contributed by atoms with Crippen molar-refractivity contribution in [3.8, 4) is 0 Å². The third-order valence-corrected chi connectivity index (χ3v) is 4.20. The second-order valence-corrected chi connectivity index (χ2v) is 6.03. The summed E-state index contributed by atoms with van der Waals surface area (Å²) >= 11 is 5.33. The number of aryl methyl sites for hydroxylation is 1. The monoisotopic (exact) mass is 295 g/mol. The van der Waals surface area contributed by atoms with Crippen molar-refractivity contribution in [1.29, 1.82) is 0 Å². The number of rotatable bonds is 3. The molecule has 0 saturated carbocycles. The Morgan fingerprint density at radius 1 is 1.31 bits per heavy atom. The van der Waals surface area contributed by atoms with Crippen LogP contribution < -0.4 is 5.73 Å². The van der Waals surface area contributed by atoms with Crippen molar-refractivity contribution in [2.75, 3.05) is 6.54 Å². The molecule has 16 heavy (non-hydrogen) atoms. The van der Waals surface area contributed by atoms with Crippen molar-refractivity contribution in [3.05, 3.63) is 56.2 Å². The van der Waals surface area contributed by atoms with Crippen LogP contribution in [-0.2, 0) is 0 Å². The van der Waals surface area contributed by atoms with Crippen molar-refractivity contribution in [1.82, 2.24) is 0 Å². The highest BCUT2D eigenvalue weighted by Crippen LogP contribution is 2.30. The number of benzene rings is 1. The van der Waals surface area contributed by atoms with Gasteiger partial charge in [0, 0.05) is 26.7 Å². The highest BCUT2D eigenvalue weighted by Gasteiger charge is 2.14. The summed E-state index contributed by atoms with van der Waals surface area (Å²) in [5, 5.41) is 0. The van der Waals surface area contributed by atoms with Gasteiger partial charge < -0.3 is 5.73 Å². The molecule has 1 heterocycles. The lowest BCUT2D eigenvalue weighted by Crippen LogP contribution is -2.12. The Morgan fingerprint density at radius 2 is 2.12 bits per heavy atom. The molecule has 0 aliphatic carbocycles. The zero-order valence-corrected chi connectivity index (χ0v) is 11.5. The molecule has 0 saturated heterocycles. The fourth-order valence-corrected chi connectivity index (χ4v) is 3.22. The third kappa shape index (κ3) is 2.54. The summed E-state index contributed by atoms with van der Waals surface area (Å²) in [6, 6.07) is 12.7. The quantitative estimate of drug-likeness (QED) is 0.913. The minimum Gasteiger partial charge on any atom is -0.329 e. The van der Waals surface area contributed by atoms with Crippen LogP contribution in [-0.4, -0.2) is 6.54 Å². The molecule has 0 radical (unpaired) electrons. The van der Waals surface area contributed by atoms with Gasteiger partial charge in [-0.25, -0.2) is 0 Å². The summed E-state index contributed by atoms with van der Waals surface area (Å²) in [5.74, 6) is 0.316. The number of hydrogen-bond donors (Lipinski definition) is 1. The molecule has 2 aromatic rings. The Kier molecular flexibility index (Phi) is 3.79. The van der Waals surface area contributed by atoms with E-state index in [9.17, 15) is 0 Å². The molecule has 84 valence electrons. The average Bonchev–Trinajstić information content (AvgIpc) is 2.66. The van der Waals surface area contributed by atoms with E-state index in [0.29, 0.717) is 12.5 Å². The lowest BCUT2D eigenvalue weighted by molar-refractivity contribution is 0.835. The molecule has 3 heteroatoms. The van der Waals surface area contributed by atoms with E-state index < -0.39 is 0 Å². The predicted molar refractivity (Wildman–Crippen MR) is 74.1 cm³/mol. The van der Waals surface area contributed by atoms with Crippen LogP contribution >= 0.6 is 27.3 Å². The first-order valence-electron chi connectivity index (χ1n) is 5.22. The van der Waals surface area contributed by atoms with Gasteiger partial charge in [0.1, 0.15) is 0 Å². The molecule has 1 aromatic heterocycles. The molecule has 0 fully saturated rings. The van der Waals surface area contributed by atoms with Crippen molar-refractivity contribution < 1.29 is 0 Å². The zero-order valence-electron chi connectivity index (χ0n) is 9.11. The maximum absolute atomic E-state index is 5.89. The van der Waals surface area contributed by atoms with Crippen molar-refractivity contribution in [3.63, 3.8) is 0 Å². The summed E-state index contributed by atoms with van der Waals surface area (Å²) in [7, 11) is 0. The molecular weight excluding hydrogens is 282 g/mol. The van der Waals surface area contributed by atoms with E-state index >= 15 is 0 Å². The van der Waals surface area contributed by atoms with Gasteiger partial charge in [-0.05, 0) is 36.8 Å². The molecule has 2 N–H and O–H groups in total. The fraction of sp³-hybridized carbons (Fsp3) is 0.231. The van der Waals surface area contributed by atoms with E-state index in [-0.39, 0.29) is 0 Å². The van der Waals surface area contributed by atoms with Crippen LogP contribution in [0.4, 0.5) is 0 Å². The van der Waals surface area contributed by atoms with Gasteiger partial charge in [0.15, 0.2) is 0 Å². The smallest absolute Gasteiger partial charge is 0.0307 e. The Morgan fingerprint density at radius 3 is 2.69 bits per heavy atom. The van der Waals surface area contributed by atoms with Gasteiger partial charge in [-0.1, -0.05) is 28.1 Å². The summed E-state index contributed by atoms with van der Waals surface area (Å²) < 4.78 is 1.11. The van der Waals surface area contributed by atoms with Gasteiger partial charge in [0.2, 0.25) is 0 Å². The predicted octanol–water partition coefficient (Wildman–Crippen LogP) is 3.91. The van der Waals surface area contributed by atoms with E-state index in [1.165, 1.54) is 15.3 Å².